The first kappa shape index (κ1) is 10.7. The van der Waals surface area contributed by atoms with E-state index < -0.39 is 0 Å². The first-order valence-corrected chi connectivity index (χ1v) is 5.10. The molecule has 0 aliphatic heterocycles. The number of ether oxygens (including phenoxy) is 1. The fourth-order valence-electron chi connectivity index (χ4n) is 1.57. The molecule has 5 nitrogen and oxygen atoms in total. The largest absolute Gasteiger partial charge is 0.710 e. The normalized spacial score (nSPS) is 12.0. The van der Waals surface area contributed by atoms with Gasteiger partial charge in [0.1, 0.15) is 11.8 Å². The zero-order valence-corrected chi connectivity index (χ0v) is 9.89. The van der Waals surface area contributed by atoms with Crippen molar-refractivity contribution in [3.63, 3.8) is 0 Å². The quantitative estimate of drug-likeness (QED) is 0.540. The number of aryl methyl sites for hydroxylation is 1. The smallest absolute Gasteiger partial charge is 0.312 e. The molecule has 0 fully saturated rings. The molecular weight excluding hydrogens is 206 g/mol. The van der Waals surface area contributed by atoms with Gasteiger partial charge in [-0.25, -0.2) is 14.3 Å². The molecule has 2 aromatic heterocycles. The van der Waals surface area contributed by atoms with Crippen LogP contribution < -0.4 is 9.47 Å². The molecule has 2 aromatic rings. The number of nitrogens with zero attached hydrogens (tertiary/aromatic N) is 3. The summed E-state index contributed by atoms with van der Waals surface area (Å²) in [6.07, 6.45) is 3.04. The monoisotopic (exact) mass is 221 g/mol. The van der Waals surface area contributed by atoms with Gasteiger partial charge < -0.3 is 9.94 Å². The third-order valence-corrected chi connectivity index (χ3v) is 2.09. The molecule has 0 saturated carbocycles. The van der Waals surface area contributed by atoms with E-state index in [0.717, 1.165) is 4.73 Å². The van der Waals surface area contributed by atoms with E-state index in [2.05, 4.69) is 4.98 Å². The summed E-state index contributed by atoms with van der Waals surface area (Å²) in [6.45, 7) is 5.81. The molecule has 2 rings (SSSR count). The van der Waals surface area contributed by atoms with Gasteiger partial charge in [-0.2, -0.15) is 0 Å². The summed E-state index contributed by atoms with van der Waals surface area (Å²) in [7, 11) is 1.79. The Morgan fingerprint density at radius 3 is 2.75 bits per heavy atom. The molecule has 0 bridgehead atoms. The maximum atomic E-state index is 11.7. The van der Waals surface area contributed by atoms with Crippen LogP contribution >= 0.6 is 0 Å². The SMILES string of the molecule is Cn1cnc2cc(OC(C)(C)C)c[n+]([O-])c21. The fraction of sp³-hybridized carbons (Fsp3) is 0.455. The second-order valence-corrected chi connectivity index (χ2v) is 4.78. The van der Waals surface area contributed by atoms with E-state index in [1.165, 1.54) is 6.20 Å². The van der Waals surface area contributed by atoms with Gasteiger partial charge in [-0.15, -0.1) is 0 Å². The van der Waals surface area contributed by atoms with Gasteiger partial charge in [0.2, 0.25) is 0 Å². The Morgan fingerprint density at radius 2 is 2.12 bits per heavy atom. The fourth-order valence-corrected chi connectivity index (χ4v) is 1.57. The van der Waals surface area contributed by atoms with Crippen LogP contribution in [0.1, 0.15) is 20.8 Å². The van der Waals surface area contributed by atoms with Crippen molar-refractivity contribution in [2.75, 3.05) is 0 Å². The lowest BCUT2D eigenvalue weighted by Gasteiger charge is -2.21. The van der Waals surface area contributed by atoms with Gasteiger partial charge in [0, 0.05) is 6.07 Å². The molecule has 0 atom stereocenters. The maximum absolute atomic E-state index is 11.7. The van der Waals surface area contributed by atoms with E-state index >= 15 is 0 Å². The topological polar surface area (TPSA) is 54.0 Å². The van der Waals surface area contributed by atoms with E-state index in [1.54, 1.807) is 24.0 Å². The number of imidazole rings is 1. The van der Waals surface area contributed by atoms with Crippen LogP contribution in [-0.4, -0.2) is 15.2 Å². The summed E-state index contributed by atoms with van der Waals surface area (Å²) >= 11 is 0. The van der Waals surface area contributed by atoms with E-state index in [4.69, 9.17) is 4.74 Å². The summed E-state index contributed by atoms with van der Waals surface area (Å²) in [5, 5.41) is 11.7. The van der Waals surface area contributed by atoms with E-state index in [-0.39, 0.29) is 5.60 Å². The molecule has 0 aliphatic carbocycles. The Morgan fingerprint density at radius 1 is 1.44 bits per heavy atom. The lowest BCUT2D eigenvalue weighted by molar-refractivity contribution is -0.580. The van der Waals surface area contributed by atoms with Crippen molar-refractivity contribution < 1.29 is 9.47 Å². The van der Waals surface area contributed by atoms with Crippen LogP contribution in [0.4, 0.5) is 0 Å². The Balaban J connectivity index is 2.51. The summed E-state index contributed by atoms with van der Waals surface area (Å²) in [6, 6.07) is 1.77. The van der Waals surface area contributed by atoms with Crippen LogP contribution in [0, 0.1) is 5.21 Å². The highest BCUT2D eigenvalue weighted by atomic mass is 16.5. The summed E-state index contributed by atoms with van der Waals surface area (Å²) < 4.78 is 8.09. The van der Waals surface area contributed by atoms with Crippen molar-refractivity contribution in [2.45, 2.75) is 26.4 Å². The van der Waals surface area contributed by atoms with Crippen LogP contribution in [0.5, 0.6) is 5.75 Å². The molecule has 0 saturated heterocycles. The summed E-state index contributed by atoms with van der Waals surface area (Å²) in [5.41, 5.74) is 0.843. The highest BCUT2D eigenvalue weighted by Gasteiger charge is 2.16. The molecule has 0 spiro atoms. The zero-order chi connectivity index (χ0) is 11.9. The van der Waals surface area contributed by atoms with Gasteiger partial charge in [-0.1, -0.05) is 0 Å². The van der Waals surface area contributed by atoms with E-state index in [1.807, 2.05) is 20.8 Å². The molecule has 0 aliphatic rings. The number of aromatic nitrogens is 3. The number of fused-ring (bicyclic) bond motifs is 1. The summed E-state index contributed by atoms with van der Waals surface area (Å²) in [5.74, 6) is 0.536. The number of pyridine rings is 1. The standard InChI is InChI=1S/C11H15N3O2/c1-11(2,3)16-8-5-9-10(14(15)6-8)13(4)7-12-9/h5-7H,1-4H3. The molecular formula is C11H15N3O2. The van der Waals surface area contributed by atoms with Gasteiger partial charge in [-0.05, 0) is 20.8 Å². The van der Waals surface area contributed by atoms with Gasteiger partial charge in [0.25, 0.3) is 0 Å². The van der Waals surface area contributed by atoms with Crippen LogP contribution in [-0.2, 0) is 7.05 Å². The van der Waals surface area contributed by atoms with Crippen LogP contribution in [0.3, 0.4) is 0 Å². The molecule has 0 amide bonds. The minimum atomic E-state index is -0.324. The molecule has 0 N–H and O–H groups in total. The number of rotatable bonds is 1. The van der Waals surface area contributed by atoms with Gasteiger partial charge in [-0.3, -0.25) is 0 Å². The van der Waals surface area contributed by atoms with Gasteiger partial charge in [0.05, 0.1) is 7.05 Å². The maximum Gasteiger partial charge on any atom is 0.312 e. The predicted molar refractivity (Wildman–Crippen MR) is 60.1 cm³/mol. The van der Waals surface area contributed by atoms with Crippen molar-refractivity contribution in [3.8, 4) is 5.75 Å². The molecule has 2 heterocycles. The Hall–Kier alpha value is -1.78. The second kappa shape index (κ2) is 3.37. The number of hydrogen-bond donors (Lipinski definition) is 0. The van der Waals surface area contributed by atoms with E-state index in [9.17, 15) is 5.21 Å². The Kier molecular flexibility index (Phi) is 2.26. The molecule has 0 aromatic carbocycles. The Bertz CT molecular complexity index is 526. The minimum Gasteiger partial charge on any atom is -0.710 e. The zero-order valence-electron chi connectivity index (χ0n) is 9.89. The van der Waals surface area contributed by atoms with Gasteiger partial charge in [0.15, 0.2) is 17.6 Å². The lowest BCUT2D eigenvalue weighted by Crippen LogP contribution is -2.30. The molecule has 0 radical (unpaired) electrons. The molecule has 0 unspecified atom stereocenters. The first-order chi connectivity index (χ1) is 7.37. The van der Waals surface area contributed by atoms with Crippen molar-refractivity contribution in [1.29, 1.82) is 0 Å². The third-order valence-electron chi connectivity index (χ3n) is 2.09. The lowest BCUT2D eigenvalue weighted by atomic mass is 10.2. The van der Waals surface area contributed by atoms with Gasteiger partial charge >= 0.3 is 5.65 Å². The summed E-state index contributed by atoms with van der Waals surface area (Å²) in [4.78, 5) is 4.13. The first-order valence-electron chi connectivity index (χ1n) is 5.10. The van der Waals surface area contributed by atoms with Crippen molar-refractivity contribution >= 4 is 11.2 Å². The molecule has 16 heavy (non-hydrogen) atoms. The van der Waals surface area contributed by atoms with Crippen LogP contribution in [0.2, 0.25) is 0 Å². The third kappa shape index (κ3) is 1.93. The van der Waals surface area contributed by atoms with Crippen molar-refractivity contribution in [2.24, 2.45) is 7.05 Å². The highest BCUT2D eigenvalue weighted by molar-refractivity contribution is 5.68. The average Bonchev–Trinajstić information content (AvgIpc) is 2.44. The average molecular weight is 221 g/mol. The number of hydrogen-bond acceptors (Lipinski definition) is 3. The molecule has 5 heteroatoms. The van der Waals surface area contributed by atoms with E-state index in [0.29, 0.717) is 16.9 Å². The van der Waals surface area contributed by atoms with Crippen LogP contribution in [0.15, 0.2) is 18.6 Å². The second-order valence-electron chi connectivity index (χ2n) is 4.78. The highest BCUT2D eigenvalue weighted by Crippen LogP contribution is 2.19. The van der Waals surface area contributed by atoms with Crippen LogP contribution in [0.25, 0.3) is 11.2 Å². The predicted octanol–water partition coefficient (Wildman–Crippen LogP) is 1.38. The minimum absolute atomic E-state index is 0.324. The molecule has 86 valence electrons. The van der Waals surface area contributed by atoms with Crippen molar-refractivity contribution in [1.82, 2.24) is 9.55 Å². The van der Waals surface area contributed by atoms with Crippen molar-refractivity contribution in [3.05, 3.63) is 23.8 Å². The Labute approximate surface area is 93.9 Å².